The highest BCUT2D eigenvalue weighted by atomic mass is 35.5. The minimum absolute atomic E-state index is 0.106. The first kappa shape index (κ1) is 10.3. The summed E-state index contributed by atoms with van der Waals surface area (Å²) in [6.07, 6.45) is 1.01. The summed E-state index contributed by atoms with van der Waals surface area (Å²) in [5.41, 5.74) is 0.465. The molecule has 3 nitrogen and oxygen atoms in total. The van der Waals surface area contributed by atoms with E-state index in [1.165, 1.54) is 0 Å². The van der Waals surface area contributed by atoms with Crippen LogP contribution in [0.3, 0.4) is 0 Å². The van der Waals surface area contributed by atoms with E-state index in [0.29, 0.717) is 22.9 Å². The molecule has 0 bridgehead atoms. The molecule has 1 aromatic rings. The maximum Gasteiger partial charge on any atom is 0.124 e. The Labute approximate surface area is 93.2 Å². The molecule has 0 amide bonds. The van der Waals surface area contributed by atoms with Crippen LogP contribution in [0.25, 0.3) is 0 Å². The summed E-state index contributed by atoms with van der Waals surface area (Å²) in [6, 6.07) is 7.08. The van der Waals surface area contributed by atoms with E-state index < -0.39 is 0 Å². The van der Waals surface area contributed by atoms with E-state index >= 15 is 0 Å². The fourth-order valence-electron chi connectivity index (χ4n) is 1.46. The standard InChI is InChI=1S/C11H10ClNO2/c12-11-5-9(2-1-8(11)6-13)15-10-3-4-14-7-10/h1-2,5,10H,3-4,7H2. The largest absolute Gasteiger partial charge is 0.488 e. The Bertz CT molecular complexity index is 394. The Balaban J connectivity index is 2.09. The molecule has 1 saturated heterocycles. The smallest absolute Gasteiger partial charge is 0.124 e. The lowest BCUT2D eigenvalue weighted by molar-refractivity contribution is 0.141. The van der Waals surface area contributed by atoms with Crippen LogP contribution in [0, 0.1) is 11.3 Å². The van der Waals surface area contributed by atoms with Crippen molar-refractivity contribution in [3.63, 3.8) is 0 Å². The molecule has 1 aliphatic heterocycles. The van der Waals surface area contributed by atoms with Gasteiger partial charge in [-0.2, -0.15) is 5.26 Å². The van der Waals surface area contributed by atoms with Gasteiger partial charge in [0.05, 0.1) is 23.8 Å². The molecule has 0 N–H and O–H groups in total. The summed E-state index contributed by atoms with van der Waals surface area (Å²) in [7, 11) is 0. The minimum atomic E-state index is 0.106. The quantitative estimate of drug-likeness (QED) is 0.773. The van der Waals surface area contributed by atoms with Gasteiger partial charge in [0, 0.05) is 12.5 Å². The summed E-state index contributed by atoms with van der Waals surface area (Å²) >= 11 is 5.88. The molecule has 78 valence electrons. The van der Waals surface area contributed by atoms with E-state index in [1.807, 2.05) is 6.07 Å². The molecule has 1 aromatic carbocycles. The van der Waals surface area contributed by atoms with Crippen molar-refractivity contribution in [3.05, 3.63) is 28.8 Å². The first-order valence-electron chi connectivity index (χ1n) is 4.73. The third-order valence-corrected chi connectivity index (χ3v) is 2.56. The molecule has 0 saturated carbocycles. The van der Waals surface area contributed by atoms with Gasteiger partial charge in [-0.1, -0.05) is 11.6 Å². The van der Waals surface area contributed by atoms with Crippen LogP contribution in [-0.2, 0) is 4.74 Å². The molecule has 1 aliphatic rings. The molecule has 1 heterocycles. The second kappa shape index (κ2) is 4.52. The van der Waals surface area contributed by atoms with Gasteiger partial charge in [-0.25, -0.2) is 0 Å². The van der Waals surface area contributed by atoms with Crippen LogP contribution < -0.4 is 4.74 Å². The first-order valence-corrected chi connectivity index (χ1v) is 5.11. The van der Waals surface area contributed by atoms with Crippen LogP contribution in [0.4, 0.5) is 0 Å². The lowest BCUT2D eigenvalue weighted by Crippen LogP contribution is -2.15. The number of nitriles is 1. The minimum Gasteiger partial charge on any atom is -0.488 e. The van der Waals surface area contributed by atoms with E-state index in [9.17, 15) is 0 Å². The molecule has 0 radical (unpaired) electrons. The summed E-state index contributed by atoms with van der Waals surface area (Å²) in [5, 5.41) is 9.12. The molecule has 0 spiro atoms. The zero-order valence-electron chi connectivity index (χ0n) is 8.07. The second-order valence-electron chi connectivity index (χ2n) is 3.36. The van der Waals surface area contributed by atoms with Gasteiger partial charge in [-0.3, -0.25) is 0 Å². The van der Waals surface area contributed by atoms with Gasteiger partial charge < -0.3 is 9.47 Å². The number of hydrogen-bond acceptors (Lipinski definition) is 3. The molecule has 2 rings (SSSR count). The number of ether oxygens (including phenoxy) is 2. The topological polar surface area (TPSA) is 42.2 Å². The fraction of sp³-hybridized carbons (Fsp3) is 0.364. The average molecular weight is 224 g/mol. The lowest BCUT2D eigenvalue weighted by atomic mass is 10.2. The maximum absolute atomic E-state index is 8.70. The predicted octanol–water partition coefficient (Wildman–Crippen LogP) is 2.38. The summed E-state index contributed by atoms with van der Waals surface area (Å²) in [6.45, 7) is 1.37. The Kier molecular flexibility index (Phi) is 3.10. The average Bonchev–Trinajstić information content (AvgIpc) is 2.71. The monoisotopic (exact) mass is 223 g/mol. The first-order chi connectivity index (χ1) is 7.29. The van der Waals surface area contributed by atoms with Gasteiger partial charge in [-0.05, 0) is 12.1 Å². The van der Waals surface area contributed by atoms with Crippen molar-refractivity contribution < 1.29 is 9.47 Å². The van der Waals surface area contributed by atoms with Gasteiger partial charge in [0.15, 0.2) is 0 Å². The zero-order valence-corrected chi connectivity index (χ0v) is 8.83. The Morgan fingerprint density at radius 1 is 1.53 bits per heavy atom. The molecule has 1 atom stereocenters. The van der Waals surface area contributed by atoms with Crippen molar-refractivity contribution in [2.24, 2.45) is 0 Å². The van der Waals surface area contributed by atoms with Crippen LogP contribution >= 0.6 is 11.6 Å². The van der Waals surface area contributed by atoms with Gasteiger partial charge in [-0.15, -0.1) is 0 Å². The van der Waals surface area contributed by atoms with Gasteiger partial charge in [0.1, 0.15) is 17.9 Å². The molecule has 0 aromatic heterocycles. The molecule has 0 aliphatic carbocycles. The maximum atomic E-state index is 8.70. The van der Waals surface area contributed by atoms with Crippen molar-refractivity contribution in [3.8, 4) is 11.8 Å². The third-order valence-electron chi connectivity index (χ3n) is 2.25. The zero-order chi connectivity index (χ0) is 10.7. The van der Waals surface area contributed by atoms with Crippen molar-refractivity contribution in [2.45, 2.75) is 12.5 Å². The van der Waals surface area contributed by atoms with E-state index in [1.54, 1.807) is 18.2 Å². The number of rotatable bonds is 2. The number of benzene rings is 1. The van der Waals surface area contributed by atoms with Crippen molar-refractivity contribution in [2.75, 3.05) is 13.2 Å². The van der Waals surface area contributed by atoms with Crippen molar-refractivity contribution >= 4 is 11.6 Å². The molecular weight excluding hydrogens is 214 g/mol. The highest BCUT2D eigenvalue weighted by molar-refractivity contribution is 6.31. The van der Waals surface area contributed by atoms with Crippen molar-refractivity contribution in [1.82, 2.24) is 0 Å². The van der Waals surface area contributed by atoms with Crippen LogP contribution in [0.2, 0.25) is 5.02 Å². The number of hydrogen-bond donors (Lipinski definition) is 0. The Morgan fingerprint density at radius 2 is 2.40 bits per heavy atom. The summed E-state index contributed by atoms with van der Waals surface area (Å²) in [5.74, 6) is 0.689. The van der Waals surface area contributed by atoms with Crippen LogP contribution in [0.15, 0.2) is 18.2 Å². The van der Waals surface area contributed by atoms with Gasteiger partial charge in [0.25, 0.3) is 0 Å². The van der Waals surface area contributed by atoms with Crippen LogP contribution in [-0.4, -0.2) is 19.3 Å². The predicted molar refractivity (Wildman–Crippen MR) is 56.0 cm³/mol. The van der Waals surface area contributed by atoms with Gasteiger partial charge >= 0.3 is 0 Å². The number of nitrogens with zero attached hydrogens (tertiary/aromatic N) is 1. The SMILES string of the molecule is N#Cc1ccc(OC2CCOC2)cc1Cl. The Morgan fingerprint density at radius 3 is 3.00 bits per heavy atom. The fourth-order valence-corrected chi connectivity index (χ4v) is 1.67. The second-order valence-corrected chi connectivity index (χ2v) is 3.76. The van der Waals surface area contributed by atoms with Crippen molar-refractivity contribution in [1.29, 1.82) is 5.26 Å². The highest BCUT2D eigenvalue weighted by Gasteiger charge is 2.17. The Hall–Kier alpha value is -1.24. The molecule has 1 unspecified atom stereocenters. The summed E-state index contributed by atoms with van der Waals surface area (Å²) in [4.78, 5) is 0. The lowest BCUT2D eigenvalue weighted by Gasteiger charge is -2.11. The van der Waals surface area contributed by atoms with E-state index in [-0.39, 0.29) is 6.10 Å². The highest BCUT2D eigenvalue weighted by Crippen LogP contribution is 2.24. The van der Waals surface area contributed by atoms with Crippen LogP contribution in [0.5, 0.6) is 5.75 Å². The van der Waals surface area contributed by atoms with Crippen LogP contribution in [0.1, 0.15) is 12.0 Å². The normalized spacial score (nSPS) is 19.9. The van der Waals surface area contributed by atoms with E-state index in [2.05, 4.69) is 0 Å². The molecule has 1 fully saturated rings. The van der Waals surface area contributed by atoms with Gasteiger partial charge in [0.2, 0.25) is 0 Å². The summed E-state index contributed by atoms with van der Waals surface area (Å²) < 4.78 is 10.8. The number of halogens is 1. The van der Waals surface area contributed by atoms with E-state index in [4.69, 9.17) is 26.3 Å². The molecular formula is C11H10ClNO2. The van der Waals surface area contributed by atoms with E-state index in [0.717, 1.165) is 13.0 Å². The third kappa shape index (κ3) is 2.41. The molecule has 15 heavy (non-hydrogen) atoms. The molecule has 4 heteroatoms.